The van der Waals surface area contributed by atoms with E-state index in [4.69, 9.17) is 4.74 Å². The van der Waals surface area contributed by atoms with Crippen molar-refractivity contribution in [2.45, 2.75) is 25.8 Å². The highest BCUT2D eigenvalue weighted by molar-refractivity contribution is 5.34. The maximum Gasteiger partial charge on any atom is 0.122 e. The molecule has 0 spiro atoms. The second-order valence-electron chi connectivity index (χ2n) is 4.16. The van der Waals surface area contributed by atoms with Crippen LogP contribution in [0.1, 0.15) is 18.9 Å². The minimum atomic E-state index is 0.425. The first-order valence-corrected chi connectivity index (χ1v) is 5.61. The van der Waals surface area contributed by atoms with Crippen molar-refractivity contribution in [1.29, 1.82) is 0 Å². The molecule has 0 aliphatic carbocycles. The van der Waals surface area contributed by atoms with Crippen LogP contribution in [0.3, 0.4) is 0 Å². The van der Waals surface area contributed by atoms with Crippen LogP contribution in [-0.4, -0.2) is 20.2 Å². The highest BCUT2D eigenvalue weighted by Gasteiger charge is 2.10. The van der Waals surface area contributed by atoms with Gasteiger partial charge in [-0.2, -0.15) is 0 Å². The third-order valence-corrected chi connectivity index (χ3v) is 2.66. The summed E-state index contributed by atoms with van der Waals surface area (Å²) in [6, 6.07) is 8.58. The van der Waals surface area contributed by atoms with Crippen LogP contribution < -0.4 is 10.1 Å². The average Bonchev–Trinajstić information content (AvgIpc) is 2.28. The van der Waals surface area contributed by atoms with Crippen LogP contribution in [0.5, 0.6) is 5.75 Å². The van der Waals surface area contributed by atoms with Crippen molar-refractivity contribution in [3.8, 4) is 5.75 Å². The van der Waals surface area contributed by atoms with E-state index in [-0.39, 0.29) is 0 Å². The zero-order valence-corrected chi connectivity index (χ0v) is 10.4. The van der Waals surface area contributed by atoms with Crippen molar-refractivity contribution in [2.75, 3.05) is 14.2 Å². The van der Waals surface area contributed by atoms with Gasteiger partial charge in [0.25, 0.3) is 0 Å². The summed E-state index contributed by atoms with van der Waals surface area (Å²) in [4.78, 5) is 0. The van der Waals surface area contributed by atoms with Gasteiger partial charge in [0.2, 0.25) is 0 Å². The molecule has 16 heavy (non-hydrogen) atoms. The SMILES string of the molecule is C=C(C)CC(Cc1ccccc1OC)NC. The summed E-state index contributed by atoms with van der Waals surface area (Å²) in [7, 11) is 3.70. The molecule has 88 valence electrons. The molecule has 1 N–H and O–H groups in total. The summed E-state index contributed by atoms with van der Waals surface area (Å²) in [5, 5.41) is 3.32. The predicted molar refractivity (Wildman–Crippen MR) is 69.0 cm³/mol. The molecule has 0 bridgehead atoms. The molecule has 1 rings (SSSR count). The lowest BCUT2D eigenvalue weighted by atomic mass is 10.00. The lowest BCUT2D eigenvalue weighted by Crippen LogP contribution is -2.27. The van der Waals surface area contributed by atoms with Gasteiger partial charge in [-0.1, -0.05) is 23.8 Å². The second-order valence-corrected chi connectivity index (χ2v) is 4.16. The summed E-state index contributed by atoms with van der Waals surface area (Å²) >= 11 is 0. The lowest BCUT2D eigenvalue weighted by molar-refractivity contribution is 0.406. The third-order valence-electron chi connectivity index (χ3n) is 2.66. The summed E-state index contributed by atoms with van der Waals surface area (Å²) in [6.07, 6.45) is 1.96. The predicted octanol–water partition coefficient (Wildman–Crippen LogP) is 2.79. The van der Waals surface area contributed by atoms with Gasteiger partial charge in [0.15, 0.2) is 0 Å². The van der Waals surface area contributed by atoms with Crippen molar-refractivity contribution in [1.82, 2.24) is 5.32 Å². The van der Waals surface area contributed by atoms with Crippen LogP contribution in [0, 0.1) is 0 Å². The van der Waals surface area contributed by atoms with Gasteiger partial charge in [-0.05, 0) is 38.4 Å². The number of rotatable bonds is 6. The number of likely N-dealkylation sites (N-methyl/N-ethyl adjacent to an activating group) is 1. The third kappa shape index (κ3) is 3.70. The van der Waals surface area contributed by atoms with E-state index in [9.17, 15) is 0 Å². The minimum Gasteiger partial charge on any atom is -0.496 e. The van der Waals surface area contributed by atoms with Crippen molar-refractivity contribution in [3.63, 3.8) is 0 Å². The summed E-state index contributed by atoms with van der Waals surface area (Å²) in [6.45, 7) is 6.02. The molecular formula is C14H21NO. The first-order chi connectivity index (χ1) is 7.67. The van der Waals surface area contributed by atoms with Gasteiger partial charge in [-0.15, -0.1) is 6.58 Å². The van der Waals surface area contributed by atoms with E-state index in [1.165, 1.54) is 11.1 Å². The Balaban J connectivity index is 2.73. The fraction of sp³-hybridized carbons (Fsp3) is 0.429. The topological polar surface area (TPSA) is 21.3 Å². The molecule has 0 radical (unpaired) electrons. The molecule has 0 fully saturated rings. The minimum absolute atomic E-state index is 0.425. The van der Waals surface area contributed by atoms with E-state index in [2.05, 4.69) is 24.9 Å². The van der Waals surface area contributed by atoms with Crippen LogP contribution in [-0.2, 0) is 6.42 Å². The standard InChI is InChI=1S/C14H21NO/c1-11(2)9-13(15-3)10-12-7-5-6-8-14(12)16-4/h5-8,13,15H,1,9-10H2,2-4H3. The van der Waals surface area contributed by atoms with Gasteiger partial charge in [0, 0.05) is 6.04 Å². The molecular weight excluding hydrogens is 198 g/mol. The molecule has 0 heterocycles. The zero-order valence-electron chi connectivity index (χ0n) is 10.4. The summed E-state index contributed by atoms with van der Waals surface area (Å²) in [5.74, 6) is 0.962. The molecule has 0 saturated heterocycles. The lowest BCUT2D eigenvalue weighted by Gasteiger charge is -2.17. The monoisotopic (exact) mass is 219 g/mol. The van der Waals surface area contributed by atoms with Crippen LogP contribution in [0.25, 0.3) is 0 Å². The highest BCUT2D eigenvalue weighted by atomic mass is 16.5. The van der Waals surface area contributed by atoms with E-state index in [0.29, 0.717) is 6.04 Å². The van der Waals surface area contributed by atoms with E-state index in [1.54, 1.807) is 7.11 Å². The number of benzene rings is 1. The van der Waals surface area contributed by atoms with Crippen LogP contribution in [0.2, 0.25) is 0 Å². The Hall–Kier alpha value is -1.28. The maximum atomic E-state index is 5.35. The van der Waals surface area contributed by atoms with Crippen LogP contribution in [0.4, 0.5) is 0 Å². The Morgan fingerprint density at radius 1 is 1.44 bits per heavy atom. The van der Waals surface area contributed by atoms with Crippen molar-refractivity contribution in [2.24, 2.45) is 0 Å². The normalized spacial score (nSPS) is 12.2. The molecule has 2 nitrogen and oxygen atoms in total. The number of hydrogen-bond acceptors (Lipinski definition) is 2. The Labute approximate surface area is 98.3 Å². The molecule has 2 heteroatoms. The van der Waals surface area contributed by atoms with Gasteiger partial charge < -0.3 is 10.1 Å². The van der Waals surface area contributed by atoms with E-state index in [1.807, 2.05) is 25.2 Å². The van der Waals surface area contributed by atoms with Gasteiger partial charge >= 0.3 is 0 Å². The Morgan fingerprint density at radius 2 is 2.12 bits per heavy atom. The molecule has 1 unspecified atom stereocenters. The van der Waals surface area contributed by atoms with Gasteiger partial charge in [-0.25, -0.2) is 0 Å². The summed E-state index contributed by atoms with van der Waals surface area (Å²) in [5.41, 5.74) is 2.44. The Kier molecular flexibility index (Phi) is 5.06. The Bertz CT molecular complexity index is 346. The van der Waals surface area contributed by atoms with Crippen LogP contribution in [0.15, 0.2) is 36.4 Å². The number of methoxy groups -OCH3 is 1. The van der Waals surface area contributed by atoms with Gasteiger partial charge in [0.1, 0.15) is 5.75 Å². The van der Waals surface area contributed by atoms with Crippen molar-refractivity contribution < 1.29 is 4.74 Å². The van der Waals surface area contributed by atoms with Gasteiger partial charge in [0.05, 0.1) is 7.11 Å². The largest absolute Gasteiger partial charge is 0.496 e. The molecule has 1 atom stereocenters. The molecule has 0 saturated carbocycles. The first kappa shape index (κ1) is 12.8. The number of hydrogen-bond donors (Lipinski definition) is 1. The second kappa shape index (κ2) is 6.33. The quantitative estimate of drug-likeness (QED) is 0.743. The summed E-state index contributed by atoms with van der Waals surface area (Å²) < 4.78 is 5.35. The molecule has 0 amide bonds. The fourth-order valence-electron chi connectivity index (χ4n) is 1.83. The van der Waals surface area contributed by atoms with E-state index in [0.717, 1.165) is 18.6 Å². The van der Waals surface area contributed by atoms with Gasteiger partial charge in [-0.3, -0.25) is 0 Å². The van der Waals surface area contributed by atoms with Crippen molar-refractivity contribution in [3.05, 3.63) is 42.0 Å². The van der Waals surface area contributed by atoms with Crippen molar-refractivity contribution >= 4 is 0 Å². The smallest absolute Gasteiger partial charge is 0.122 e. The first-order valence-electron chi connectivity index (χ1n) is 5.61. The van der Waals surface area contributed by atoms with E-state index >= 15 is 0 Å². The zero-order chi connectivity index (χ0) is 12.0. The average molecular weight is 219 g/mol. The number of para-hydroxylation sites is 1. The van der Waals surface area contributed by atoms with Crippen LogP contribution >= 0.6 is 0 Å². The highest BCUT2D eigenvalue weighted by Crippen LogP contribution is 2.20. The van der Waals surface area contributed by atoms with E-state index < -0.39 is 0 Å². The molecule has 0 aliphatic rings. The number of ether oxygens (including phenoxy) is 1. The Morgan fingerprint density at radius 3 is 2.69 bits per heavy atom. The maximum absolute atomic E-state index is 5.35. The molecule has 0 aromatic heterocycles. The fourth-order valence-corrected chi connectivity index (χ4v) is 1.83. The number of nitrogens with one attached hydrogen (secondary N) is 1. The molecule has 1 aromatic rings. The molecule has 0 aliphatic heterocycles. The molecule has 1 aromatic carbocycles.